The average molecular weight is 354 g/mol. The van der Waals surface area contributed by atoms with Crippen LogP contribution in [0.1, 0.15) is 42.4 Å². The molecule has 0 aromatic carbocycles. The fourth-order valence-electron chi connectivity index (χ4n) is 2.77. The summed E-state index contributed by atoms with van der Waals surface area (Å²) in [7, 11) is -1.63. The largest absolute Gasteiger partial charge is 0.367 e. The number of hydrogen-bond donors (Lipinski definition) is 2. The van der Waals surface area contributed by atoms with E-state index in [-0.39, 0.29) is 17.7 Å². The molecule has 0 unspecified atom stereocenters. The molecule has 1 aromatic rings. The Morgan fingerprint density at radius 2 is 2.00 bits per heavy atom. The van der Waals surface area contributed by atoms with Crippen molar-refractivity contribution in [2.24, 2.45) is 0 Å². The lowest BCUT2D eigenvalue weighted by Gasteiger charge is -2.18. The second-order valence-corrected chi connectivity index (χ2v) is 8.43. The molecule has 7 nitrogen and oxygen atoms in total. The van der Waals surface area contributed by atoms with Gasteiger partial charge in [0.25, 0.3) is 5.91 Å². The molecular weight excluding hydrogens is 328 g/mol. The second-order valence-electron chi connectivity index (χ2n) is 6.17. The molecule has 0 atom stereocenters. The molecule has 0 radical (unpaired) electrons. The van der Waals surface area contributed by atoms with E-state index in [1.54, 1.807) is 14.0 Å². The summed E-state index contributed by atoms with van der Waals surface area (Å²) in [5.41, 5.74) is 2.30. The van der Waals surface area contributed by atoms with Gasteiger partial charge in [0.2, 0.25) is 10.0 Å². The molecule has 134 valence electrons. The SMILES string of the molecule is CCS(=O)(=O)N1CCc2cc(C(=O)NC)c(NC(C)C)nc2CC1. The number of fused-ring (bicyclic) bond motifs is 1. The number of sulfonamides is 1. The molecule has 2 N–H and O–H groups in total. The van der Waals surface area contributed by atoms with Crippen LogP contribution in [0.4, 0.5) is 5.82 Å². The van der Waals surface area contributed by atoms with E-state index in [9.17, 15) is 13.2 Å². The van der Waals surface area contributed by atoms with Crippen LogP contribution in [0, 0.1) is 0 Å². The highest BCUT2D eigenvalue weighted by Gasteiger charge is 2.25. The van der Waals surface area contributed by atoms with Gasteiger partial charge >= 0.3 is 0 Å². The van der Waals surface area contributed by atoms with Crippen molar-refractivity contribution in [1.82, 2.24) is 14.6 Å². The van der Waals surface area contributed by atoms with Crippen LogP contribution < -0.4 is 10.6 Å². The lowest BCUT2D eigenvalue weighted by Crippen LogP contribution is -2.34. The van der Waals surface area contributed by atoms with Crippen LogP contribution in [0.3, 0.4) is 0 Å². The predicted octanol–water partition coefficient (Wildman–Crippen LogP) is 1.01. The number of rotatable bonds is 5. The first-order valence-corrected chi connectivity index (χ1v) is 9.88. The Labute approximate surface area is 143 Å². The van der Waals surface area contributed by atoms with E-state index < -0.39 is 10.0 Å². The minimum Gasteiger partial charge on any atom is -0.367 e. The monoisotopic (exact) mass is 354 g/mol. The maximum absolute atomic E-state index is 12.2. The molecule has 0 fully saturated rings. The van der Waals surface area contributed by atoms with Crippen LogP contribution in [-0.4, -0.2) is 55.5 Å². The number of carbonyl (C=O) groups excluding carboxylic acids is 1. The van der Waals surface area contributed by atoms with Crippen molar-refractivity contribution in [2.45, 2.75) is 39.7 Å². The maximum Gasteiger partial charge on any atom is 0.254 e. The highest BCUT2D eigenvalue weighted by molar-refractivity contribution is 7.89. The first-order chi connectivity index (χ1) is 11.3. The number of pyridine rings is 1. The fraction of sp³-hybridized carbons (Fsp3) is 0.625. The molecule has 2 rings (SSSR count). The number of carbonyl (C=O) groups is 1. The van der Waals surface area contributed by atoms with Gasteiger partial charge in [-0.25, -0.2) is 17.7 Å². The molecular formula is C16H26N4O3S. The fourth-order valence-corrected chi connectivity index (χ4v) is 3.87. The van der Waals surface area contributed by atoms with E-state index in [4.69, 9.17) is 0 Å². The number of nitrogens with zero attached hydrogens (tertiary/aromatic N) is 2. The third kappa shape index (κ3) is 4.05. The normalized spacial score (nSPS) is 15.7. The lowest BCUT2D eigenvalue weighted by atomic mass is 10.0. The molecule has 1 aromatic heterocycles. The summed E-state index contributed by atoms with van der Waals surface area (Å²) in [4.78, 5) is 16.8. The Hall–Kier alpha value is -1.67. The molecule has 1 aliphatic rings. The highest BCUT2D eigenvalue weighted by atomic mass is 32.2. The molecule has 0 bridgehead atoms. The van der Waals surface area contributed by atoms with Crippen LogP contribution in [0.25, 0.3) is 0 Å². The number of aromatic nitrogens is 1. The third-order valence-electron chi connectivity index (χ3n) is 4.07. The zero-order chi connectivity index (χ0) is 17.9. The molecule has 2 heterocycles. The summed E-state index contributed by atoms with van der Waals surface area (Å²) in [5, 5.41) is 5.84. The van der Waals surface area contributed by atoms with Crippen molar-refractivity contribution in [3.8, 4) is 0 Å². The van der Waals surface area contributed by atoms with Gasteiger partial charge in [0, 0.05) is 38.3 Å². The van der Waals surface area contributed by atoms with Gasteiger partial charge in [0.05, 0.1) is 11.3 Å². The van der Waals surface area contributed by atoms with E-state index in [0.717, 1.165) is 11.3 Å². The Morgan fingerprint density at radius 1 is 1.33 bits per heavy atom. The Balaban J connectivity index is 2.38. The summed E-state index contributed by atoms with van der Waals surface area (Å²) < 4.78 is 25.8. The highest BCUT2D eigenvalue weighted by Crippen LogP contribution is 2.23. The van der Waals surface area contributed by atoms with E-state index in [1.165, 1.54) is 4.31 Å². The Morgan fingerprint density at radius 3 is 2.58 bits per heavy atom. The molecule has 0 spiro atoms. The third-order valence-corrected chi connectivity index (χ3v) is 5.96. The summed E-state index contributed by atoms with van der Waals surface area (Å²) in [5.74, 6) is 0.450. The van der Waals surface area contributed by atoms with Gasteiger partial charge in [-0.15, -0.1) is 0 Å². The van der Waals surface area contributed by atoms with Gasteiger partial charge in [0.1, 0.15) is 5.82 Å². The minimum absolute atomic E-state index is 0.0976. The van der Waals surface area contributed by atoms with Gasteiger partial charge in [-0.3, -0.25) is 4.79 Å². The predicted molar refractivity (Wildman–Crippen MR) is 94.8 cm³/mol. The average Bonchev–Trinajstić information content (AvgIpc) is 2.75. The van der Waals surface area contributed by atoms with Gasteiger partial charge in [0.15, 0.2) is 0 Å². The summed E-state index contributed by atoms with van der Waals surface area (Å²) in [6.07, 6.45) is 1.11. The molecule has 1 aliphatic heterocycles. The van der Waals surface area contributed by atoms with Crippen LogP contribution >= 0.6 is 0 Å². The van der Waals surface area contributed by atoms with Gasteiger partial charge in [-0.05, 0) is 38.8 Å². The smallest absolute Gasteiger partial charge is 0.254 e. The molecule has 0 aliphatic carbocycles. The Bertz CT molecular complexity index is 716. The molecule has 0 saturated heterocycles. The van der Waals surface area contributed by atoms with Gasteiger partial charge in [-0.1, -0.05) is 0 Å². The molecule has 0 saturated carbocycles. The number of anilines is 1. The molecule has 8 heteroatoms. The summed E-state index contributed by atoms with van der Waals surface area (Å²) in [6, 6.07) is 1.98. The van der Waals surface area contributed by atoms with Crippen molar-refractivity contribution in [3.05, 3.63) is 22.9 Å². The number of nitrogens with one attached hydrogen (secondary N) is 2. The topological polar surface area (TPSA) is 91.4 Å². The van der Waals surface area contributed by atoms with Gasteiger partial charge < -0.3 is 10.6 Å². The van der Waals surface area contributed by atoms with E-state index in [0.29, 0.717) is 37.3 Å². The second kappa shape index (κ2) is 7.48. The Kier molecular flexibility index (Phi) is 5.82. The van der Waals surface area contributed by atoms with Crippen LogP contribution in [0.5, 0.6) is 0 Å². The number of amides is 1. The standard InChI is InChI=1S/C16H26N4O3S/c1-5-24(22,23)20-8-6-12-10-13(16(21)17-4)15(18-11(2)3)19-14(12)7-9-20/h10-11H,5-9H2,1-4H3,(H,17,21)(H,18,19). The van der Waals surface area contributed by atoms with Crippen LogP contribution in [0.2, 0.25) is 0 Å². The zero-order valence-corrected chi connectivity index (χ0v) is 15.5. The maximum atomic E-state index is 12.2. The van der Waals surface area contributed by atoms with Crippen molar-refractivity contribution in [2.75, 3.05) is 31.2 Å². The number of hydrogen-bond acceptors (Lipinski definition) is 5. The minimum atomic E-state index is -3.21. The summed E-state index contributed by atoms with van der Waals surface area (Å²) in [6.45, 7) is 6.47. The van der Waals surface area contributed by atoms with E-state index >= 15 is 0 Å². The van der Waals surface area contributed by atoms with Crippen molar-refractivity contribution in [1.29, 1.82) is 0 Å². The quantitative estimate of drug-likeness (QED) is 0.823. The van der Waals surface area contributed by atoms with Crippen LogP contribution in [0.15, 0.2) is 6.07 Å². The van der Waals surface area contributed by atoms with Crippen molar-refractivity contribution in [3.63, 3.8) is 0 Å². The van der Waals surface area contributed by atoms with Crippen molar-refractivity contribution >= 4 is 21.7 Å². The van der Waals surface area contributed by atoms with Crippen LogP contribution in [-0.2, 0) is 22.9 Å². The zero-order valence-electron chi connectivity index (χ0n) is 14.7. The van der Waals surface area contributed by atoms with Crippen molar-refractivity contribution < 1.29 is 13.2 Å². The molecule has 1 amide bonds. The van der Waals surface area contributed by atoms with E-state index in [2.05, 4.69) is 15.6 Å². The first-order valence-electron chi connectivity index (χ1n) is 8.27. The van der Waals surface area contributed by atoms with Gasteiger partial charge in [-0.2, -0.15) is 0 Å². The van der Waals surface area contributed by atoms with E-state index in [1.807, 2.05) is 19.9 Å². The first kappa shape index (κ1) is 18.7. The lowest BCUT2D eigenvalue weighted by molar-refractivity contribution is 0.0963. The molecule has 24 heavy (non-hydrogen) atoms. The summed E-state index contributed by atoms with van der Waals surface area (Å²) >= 11 is 0.